The van der Waals surface area contributed by atoms with E-state index in [2.05, 4.69) is 42.4 Å². The molecule has 2 fully saturated rings. The van der Waals surface area contributed by atoms with Crippen molar-refractivity contribution in [3.05, 3.63) is 88.5 Å². The van der Waals surface area contributed by atoms with Crippen molar-refractivity contribution >= 4 is 5.97 Å². The van der Waals surface area contributed by atoms with Crippen molar-refractivity contribution in [2.45, 2.75) is 197 Å². The van der Waals surface area contributed by atoms with Crippen LogP contribution in [0.3, 0.4) is 0 Å². The van der Waals surface area contributed by atoms with E-state index in [1.54, 1.807) is 12.1 Å². The van der Waals surface area contributed by atoms with Crippen LogP contribution >= 0.6 is 0 Å². The van der Waals surface area contributed by atoms with E-state index in [4.69, 9.17) is 0 Å². The van der Waals surface area contributed by atoms with Crippen LogP contribution in [0.25, 0.3) is 0 Å². The molecule has 61 heavy (non-hydrogen) atoms. The summed E-state index contributed by atoms with van der Waals surface area (Å²) < 4.78 is 0. The molecule has 1 saturated heterocycles. The number of hydrogen-bond donors (Lipinski definition) is 8. The number of phenols is 1. The topological polar surface area (TPSA) is 163 Å². The first-order valence-corrected chi connectivity index (χ1v) is 23.6. The van der Waals surface area contributed by atoms with Gasteiger partial charge in [0.2, 0.25) is 0 Å². The SMILES string of the molecule is CCCCC[C@H](O)/C=C/C1=C(\C[C@H](O)CO)[C@H](CCC[C@@H]2N[C@@H](C)CCC[C@@H]2CC(=O)O)N[C@@H]([C@@](C)(O)C2(c3ccc(O)cc3)CCCCC2)CC#Cc2ccccc2CC1. The second-order valence-electron chi connectivity index (χ2n) is 18.7. The molecule has 0 spiro atoms. The number of carbonyl (C=O) groups is 1. The lowest BCUT2D eigenvalue weighted by Gasteiger charge is -2.52. The molecule has 2 aliphatic heterocycles. The number of nitrogens with one attached hydrogen (secondary N) is 2. The zero-order chi connectivity index (χ0) is 43.8. The quantitative estimate of drug-likeness (QED) is 0.0545. The number of carboxylic acids is 1. The number of rotatable bonds is 18. The summed E-state index contributed by atoms with van der Waals surface area (Å²) >= 11 is 0. The van der Waals surface area contributed by atoms with Gasteiger partial charge in [0.1, 0.15) is 5.75 Å². The van der Waals surface area contributed by atoms with E-state index in [0.29, 0.717) is 32.1 Å². The molecular formula is C52H76N2O7. The summed E-state index contributed by atoms with van der Waals surface area (Å²) in [7, 11) is 0. The monoisotopic (exact) mass is 841 g/mol. The van der Waals surface area contributed by atoms with E-state index < -0.39 is 41.8 Å². The van der Waals surface area contributed by atoms with Crippen LogP contribution in [0.5, 0.6) is 5.75 Å². The van der Waals surface area contributed by atoms with Gasteiger partial charge in [0, 0.05) is 48.0 Å². The van der Waals surface area contributed by atoms with E-state index >= 15 is 0 Å². The van der Waals surface area contributed by atoms with Crippen LogP contribution < -0.4 is 10.6 Å². The van der Waals surface area contributed by atoms with Crippen molar-refractivity contribution in [1.82, 2.24) is 10.6 Å². The third-order valence-electron chi connectivity index (χ3n) is 14.2. The highest BCUT2D eigenvalue weighted by atomic mass is 16.4. The van der Waals surface area contributed by atoms with Crippen LogP contribution in [-0.2, 0) is 16.6 Å². The van der Waals surface area contributed by atoms with Gasteiger partial charge >= 0.3 is 5.97 Å². The molecule has 0 amide bonds. The fourth-order valence-electron chi connectivity index (χ4n) is 10.7. The van der Waals surface area contributed by atoms with Crippen LogP contribution in [0.4, 0.5) is 0 Å². The molecule has 9 nitrogen and oxygen atoms in total. The Balaban J connectivity index is 1.65. The minimum atomic E-state index is -1.32. The number of fused-ring (bicyclic) bond motifs is 1. The van der Waals surface area contributed by atoms with Gasteiger partial charge in [-0.2, -0.15) is 0 Å². The Hall–Kier alpha value is -3.49. The third-order valence-corrected chi connectivity index (χ3v) is 14.2. The average Bonchev–Trinajstić information content (AvgIpc) is 3.41. The zero-order valence-electron chi connectivity index (χ0n) is 37.3. The molecule has 1 saturated carbocycles. The third kappa shape index (κ3) is 13.5. The summed E-state index contributed by atoms with van der Waals surface area (Å²) in [5.74, 6) is 6.42. The minimum absolute atomic E-state index is 0.0194. The van der Waals surface area contributed by atoms with Crippen molar-refractivity contribution in [1.29, 1.82) is 0 Å². The number of aliphatic hydroxyl groups excluding tert-OH is 3. The molecule has 336 valence electrons. The number of unbranched alkanes of at least 4 members (excludes halogenated alkanes) is 2. The molecule has 2 aromatic carbocycles. The molecular weight excluding hydrogens is 765 g/mol. The Morgan fingerprint density at radius 3 is 2.44 bits per heavy atom. The minimum Gasteiger partial charge on any atom is -0.508 e. The smallest absolute Gasteiger partial charge is 0.303 e. The maximum absolute atomic E-state index is 13.4. The zero-order valence-corrected chi connectivity index (χ0v) is 37.3. The molecule has 8 atom stereocenters. The van der Waals surface area contributed by atoms with E-state index in [1.165, 1.54) is 0 Å². The predicted molar refractivity (Wildman–Crippen MR) is 244 cm³/mol. The summed E-state index contributed by atoms with van der Waals surface area (Å²) in [5.41, 5.74) is 2.99. The summed E-state index contributed by atoms with van der Waals surface area (Å²) in [6, 6.07) is 14.9. The van der Waals surface area contributed by atoms with E-state index in [-0.39, 0.29) is 42.6 Å². The molecule has 0 bridgehead atoms. The predicted octanol–water partition coefficient (Wildman–Crippen LogP) is 8.39. The normalized spacial score (nSPS) is 27.0. The van der Waals surface area contributed by atoms with Crippen molar-refractivity contribution in [3.8, 4) is 17.6 Å². The van der Waals surface area contributed by atoms with E-state index in [9.17, 15) is 35.4 Å². The maximum atomic E-state index is 13.4. The fourth-order valence-corrected chi connectivity index (χ4v) is 10.7. The van der Waals surface area contributed by atoms with E-state index in [1.807, 2.05) is 49.4 Å². The molecule has 9 heteroatoms. The number of allylic oxidation sites excluding steroid dienone is 2. The van der Waals surface area contributed by atoms with Crippen LogP contribution in [0.15, 0.2) is 71.8 Å². The van der Waals surface area contributed by atoms with Crippen LogP contribution in [-0.4, -0.2) is 85.2 Å². The summed E-state index contributed by atoms with van der Waals surface area (Å²) in [5, 5.41) is 74.3. The first-order chi connectivity index (χ1) is 29.4. The van der Waals surface area contributed by atoms with Gasteiger partial charge in [0.25, 0.3) is 0 Å². The largest absolute Gasteiger partial charge is 0.508 e. The van der Waals surface area contributed by atoms with Gasteiger partial charge in [-0.05, 0) is 124 Å². The number of phenolic OH excluding ortho intramolecular Hbond substituents is 1. The highest BCUT2D eigenvalue weighted by Gasteiger charge is 2.53. The highest BCUT2D eigenvalue weighted by molar-refractivity contribution is 5.67. The van der Waals surface area contributed by atoms with Gasteiger partial charge in [-0.15, -0.1) is 0 Å². The molecule has 1 aliphatic carbocycles. The van der Waals surface area contributed by atoms with Crippen molar-refractivity contribution < 1.29 is 35.4 Å². The van der Waals surface area contributed by atoms with Gasteiger partial charge < -0.3 is 41.3 Å². The number of aliphatic carboxylic acids is 1. The number of aromatic hydroxyl groups is 1. The lowest BCUT2D eigenvalue weighted by Crippen LogP contribution is -2.63. The molecule has 0 radical (unpaired) electrons. The van der Waals surface area contributed by atoms with Gasteiger partial charge in [0.15, 0.2) is 0 Å². The highest BCUT2D eigenvalue weighted by Crippen LogP contribution is 2.49. The van der Waals surface area contributed by atoms with Crippen molar-refractivity contribution in [3.63, 3.8) is 0 Å². The Morgan fingerprint density at radius 2 is 1.72 bits per heavy atom. The second-order valence-corrected chi connectivity index (χ2v) is 18.7. The molecule has 3 aliphatic rings. The number of benzene rings is 2. The van der Waals surface area contributed by atoms with Gasteiger partial charge in [-0.3, -0.25) is 4.79 Å². The van der Waals surface area contributed by atoms with Crippen molar-refractivity contribution in [2.75, 3.05) is 6.61 Å². The number of aliphatic hydroxyl groups is 4. The summed E-state index contributed by atoms with van der Waals surface area (Å²) in [6.45, 7) is 5.87. The molecule has 5 rings (SSSR count). The van der Waals surface area contributed by atoms with Crippen molar-refractivity contribution in [2.24, 2.45) is 5.92 Å². The molecule has 0 unspecified atom stereocenters. The van der Waals surface area contributed by atoms with Gasteiger partial charge in [-0.25, -0.2) is 0 Å². The maximum Gasteiger partial charge on any atom is 0.303 e. The molecule has 0 aromatic heterocycles. The lowest BCUT2D eigenvalue weighted by atomic mass is 9.57. The van der Waals surface area contributed by atoms with Crippen LogP contribution in [0.1, 0.15) is 159 Å². The Bertz CT molecular complexity index is 1790. The first kappa shape index (κ1) is 48.5. The molecule has 2 heterocycles. The van der Waals surface area contributed by atoms with Crippen LogP contribution in [0.2, 0.25) is 0 Å². The Morgan fingerprint density at radius 1 is 0.967 bits per heavy atom. The van der Waals surface area contributed by atoms with Gasteiger partial charge in [-0.1, -0.05) is 113 Å². The summed E-state index contributed by atoms with van der Waals surface area (Å²) in [4.78, 5) is 12.0. The second kappa shape index (κ2) is 23.8. The number of aryl methyl sites for hydroxylation is 1. The number of carboxylic acid groups (broad SMARTS) is 1. The standard InChI is InChI=1S/C52H76N2O7/c1-4-5-7-20-43(56)29-26-40-25-24-39-17-9-8-16-38(39)18-13-23-49(51(3,61)52(32-10-6-11-33-52)42-27-30-44(57)31-28-42)54-48(46(40)35-45(58)36-55)22-14-21-47-41(34-50(59)60)19-12-15-37(2)53-47/h8-9,16-17,26-31,37,41,43,45,47-49,53-58,61H,4-7,10-12,14-15,19-25,32-36H2,1-3H3,(H,59,60)/b29-26+,46-40+/t37-,41+,43-,45-,47-,48-,49+,51+/m0/s1. The Labute approximate surface area is 366 Å². The number of hydrogen-bond acceptors (Lipinski definition) is 8. The lowest BCUT2D eigenvalue weighted by molar-refractivity contribution is -0.138. The van der Waals surface area contributed by atoms with Crippen LogP contribution in [0, 0.1) is 17.8 Å². The molecule has 2 aromatic rings. The summed E-state index contributed by atoms with van der Waals surface area (Å²) in [6.07, 6.45) is 17.5. The molecule has 8 N–H and O–H groups in total. The average molecular weight is 841 g/mol. The van der Waals surface area contributed by atoms with E-state index in [0.717, 1.165) is 111 Å². The first-order valence-electron chi connectivity index (χ1n) is 23.6. The fraction of sp³-hybridized carbons (Fsp3) is 0.635. The van der Waals surface area contributed by atoms with Gasteiger partial charge in [0.05, 0.1) is 24.4 Å². The Kier molecular flexibility index (Phi) is 18.9.